The lowest BCUT2D eigenvalue weighted by Gasteiger charge is -2.48. The summed E-state index contributed by atoms with van der Waals surface area (Å²) in [4.78, 5) is 25.6. The monoisotopic (exact) mass is 321 g/mol. The lowest BCUT2D eigenvalue weighted by atomic mass is 9.85. The highest BCUT2D eigenvalue weighted by Gasteiger charge is 2.58. The van der Waals surface area contributed by atoms with Crippen LogP contribution in [0.4, 0.5) is 5.82 Å². The van der Waals surface area contributed by atoms with E-state index in [0.29, 0.717) is 18.1 Å². The van der Waals surface area contributed by atoms with Gasteiger partial charge in [0.2, 0.25) is 0 Å². The van der Waals surface area contributed by atoms with Gasteiger partial charge in [0.05, 0.1) is 6.33 Å². The van der Waals surface area contributed by atoms with Crippen molar-refractivity contribution >= 4 is 24.0 Å². The van der Waals surface area contributed by atoms with Crippen LogP contribution >= 0.6 is 0 Å². The van der Waals surface area contributed by atoms with E-state index in [0.717, 1.165) is 6.42 Å². The van der Waals surface area contributed by atoms with E-state index in [2.05, 4.69) is 15.0 Å². The Morgan fingerprint density at radius 1 is 1.43 bits per heavy atom. The quantitative estimate of drug-likeness (QED) is 0.716. The first kappa shape index (κ1) is 15.6. The summed E-state index contributed by atoms with van der Waals surface area (Å²) in [5.74, 6) is -0.582. The molecule has 3 rings (SSSR count). The zero-order valence-corrected chi connectivity index (χ0v) is 13.1. The van der Waals surface area contributed by atoms with E-state index in [4.69, 9.17) is 0 Å². The van der Waals surface area contributed by atoms with Crippen LogP contribution in [0, 0.1) is 0 Å². The van der Waals surface area contributed by atoms with Gasteiger partial charge >= 0.3 is 5.97 Å². The highest BCUT2D eigenvalue weighted by atomic mass is 16.4. The molecule has 0 saturated heterocycles. The maximum atomic E-state index is 11.6. The largest absolute Gasteiger partial charge is 0.479 e. The molecule has 2 aliphatic heterocycles. The number of carbonyl (C=O) groups is 1. The Morgan fingerprint density at radius 2 is 2.13 bits per heavy atom. The third-order valence-corrected chi connectivity index (χ3v) is 4.32. The van der Waals surface area contributed by atoms with Crippen LogP contribution in [0.5, 0.6) is 0 Å². The van der Waals surface area contributed by atoms with Gasteiger partial charge in [-0.2, -0.15) is 0 Å². The normalized spacial score (nSPS) is 32.3. The number of rotatable bonds is 3. The number of amidine groups is 1. The fraction of sp³-hybridized carbons (Fsp3) is 0.571. The van der Waals surface area contributed by atoms with Gasteiger partial charge in [-0.25, -0.2) is 19.8 Å². The summed E-state index contributed by atoms with van der Waals surface area (Å²) in [5.41, 5.74) is -3.37. The van der Waals surface area contributed by atoms with Crippen molar-refractivity contribution in [3.8, 4) is 0 Å². The van der Waals surface area contributed by atoms with Crippen molar-refractivity contribution in [3.05, 3.63) is 12.0 Å². The fourth-order valence-electron chi connectivity index (χ4n) is 2.90. The van der Waals surface area contributed by atoms with Crippen LogP contribution in [0.25, 0.3) is 0 Å². The van der Waals surface area contributed by atoms with E-state index in [9.17, 15) is 20.1 Å². The van der Waals surface area contributed by atoms with Crippen LogP contribution < -0.4 is 0 Å². The van der Waals surface area contributed by atoms with E-state index >= 15 is 0 Å². The minimum atomic E-state index is -1.88. The molecule has 0 amide bonds. The molecule has 124 valence electrons. The van der Waals surface area contributed by atoms with Gasteiger partial charge in [0.25, 0.3) is 0 Å². The first-order chi connectivity index (χ1) is 10.7. The second-order valence-corrected chi connectivity index (χ2v) is 6.11. The molecule has 0 fully saturated rings. The molecule has 9 heteroatoms. The van der Waals surface area contributed by atoms with Crippen molar-refractivity contribution in [1.29, 1.82) is 0 Å². The van der Waals surface area contributed by atoms with Crippen LogP contribution in [-0.4, -0.2) is 65.3 Å². The van der Waals surface area contributed by atoms with E-state index in [-0.39, 0.29) is 5.84 Å². The number of imidazole rings is 1. The summed E-state index contributed by atoms with van der Waals surface area (Å²) in [6, 6.07) is 0. The Kier molecular flexibility index (Phi) is 3.31. The second-order valence-electron chi connectivity index (χ2n) is 6.11. The molecular weight excluding hydrogens is 302 g/mol. The Hall–Kier alpha value is -2.26. The predicted octanol–water partition coefficient (Wildman–Crippen LogP) is -0.0586. The Balaban J connectivity index is 2.20. The maximum Gasteiger partial charge on any atom is 0.334 e. The van der Waals surface area contributed by atoms with Crippen molar-refractivity contribution in [2.24, 2.45) is 9.98 Å². The van der Waals surface area contributed by atoms with Crippen molar-refractivity contribution < 1.29 is 20.1 Å². The third kappa shape index (κ3) is 2.00. The number of fused-ring (bicyclic) bond motifs is 3. The maximum absolute atomic E-state index is 11.6. The molecular formula is C14H19N5O4. The number of aryl methyl sites for hydroxylation is 1. The summed E-state index contributed by atoms with van der Waals surface area (Å²) in [6.07, 6.45) is 2.20. The van der Waals surface area contributed by atoms with Gasteiger partial charge in [0.1, 0.15) is 12.4 Å². The first-order valence-corrected chi connectivity index (χ1v) is 7.36. The fourth-order valence-corrected chi connectivity index (χ4v) is 2.90. The molecule has 3 heterocycles. The molecule has 2 aliphatic rings. The molecule has 1 aromatic heterocycles. The van der Waals surface area contributed by atoms with E-state index in [1.54, 1.807) is 6.33 Å². The predicted molar refractivity (Wildman–Crippen MR) is 81.7 cm³/mol. The smallest absolute Gasteiger partial charge is 0.334 e. The van der Waals surface area contributed by atoms with Crippen LogP contribution in [-0.2, 0) is 11.3 Å². The van der Waals surface area contributed by atoms with Gasteiger partial charge in [-0.3, -0.25) is 4.90 Å². The number of aliphatic carboxylic acids is 1. The third-order valence-electron chi connectivity index (χ3n) is 4.32. The number of carboxylic acid groups (broad SMARTS) is 1. The van der Waals surface area contributed by atoms with Crippen molar-refractivity contribution in [3.63, 3.8) is 0 Å². The number of nitrogens with zero attached hydrogens (tertiary/aromatic N) is 5. The van der Waals surface area contributed by atoms with Gasteiger partial charge in [0, 0.05) is 6.54 Å². The second kappa shape index (κ2) is 4.87. The molecule has 0 saturated carbocycles. The summed E-state index contributed by atoms with van der Waals surface area (Å²) >= 11 is 0. The molecule has 1 aromatic rings. The van der Waals surface area contributed by atoms with Crippen molar-refractivity contribution in [1.82, 2.24) is 14.5 Å². The Labute approximate surface area is 132 Å². The molecule has 0 spiro atoms. The highest BCUT2D eigenvalue weighted by Crippen LogP contribution is 2.37. The van der Waals surface area contributed by atoms with Crippen molar-refractivity contribution in [2.75, 3.05) is 0 Å². The van der Waals surface area contributed by atoms with Crippen LogP contribution in [0.1, 0.15) is 32.9 Å². The summed E-state index contributed by atoms with van der Waals surface area (Å²) < 4.78 is 1.84. The standard InChI is InChI=1S/C14H19N5O4/c1-4-5-18-6-15-8-9(18)16-7-19-10(8)17-13(2,12(21)22)11(20)14(19,3)23/h6-7,11,20,23H,4-5H2,1-3H3,(H,21,22). The first-order valence-electron chi connectivity index (χ1n) is 7.36. The number of carboxylic acids is 1. The summed E-state index contributed by atoms with van der Waals surface area (Å²) in [5, 5.41) is 30.5. The molecule has 3 atom stereocenters. The molecule has 23 heavy (non-hydrogen) atoms. The molecule has 0 radical (unpaired) electrons. The summed E-state index contributed by atoms with van der Waals surface area (Å²) in [6.45, 7) is 5.33. The molecule has 0 bridgehead atoms. The van der Waals surface area contributed by atoms with E-state index in [1.165, 1.54) is 25.1 Å². The topological polar surface area (TPSA) is 124 Å². The lowest BCUT2D eigenvalue weighted by Crippen LogP contribution is -2.69. The molecule has 3 unspecified atom stereocenters. The average Bonchev–Trinajstić information content (AvgIpc) is 2.89. The molecule has 0 aromatic carbocycles. The van der Waals surface area contributed by atoms with Crippen LogP contribution in [0.15, 0.2) is 16.3 Å². The van der Waals surface area contributed by atoms with E-state index < -0.39 is 23.3 Å². The number of aliphatic imine (C=N–C) groups is 2. The van der Waals surface area contributed by atoms with Gasteiger partial charge in [-0.15, -0.1) is 0 Å². The van der Waals surface area contributed by atoms with Gasteiger partial charge < -0.3 is 19.9 Å². The zero-order valence-electron chi connectivity index (χ0n) is 13.1. The number of aliphatic hydroxyl groups is 2. The average molecular weight is 321 g/mol. The highest BCUT2D eigenvalue weighted by molar-refractivity contribution is 6.11. The minimum Gasteiger partial charge on any atom is -0.479 e. The molecule has 3 N–H and O–H groups in total. The zero-order chi connectivity index (χ0) is 17.0. The van der Waals surface area contributed by atoms with Crippen molar-refractivity contribution in [2.45, 2.75) is 51.1 Å². The number of hydrogen-bond donors (Lipinski definition) is 3. The van der Waals surface area contributed by atoms with Crippen LogP contribution in [0.2, 0.25) is 0 Å². The van der Waals surface area contributed by atoms with E-state index in [1.807, 2.05) is 11.5 Å². The lowest BCUT2D eigenvalue weighted by molar-refractivity contribution is -0.173. The van der Waals surface area contributed by atoms with Gasteiger partial charge in [-0.05, 0) is 20.3 Å². The number of aromatic nitrogens is 2. The minimum absolute atomic E-state index is 0.185. The number of aliphatic hydroxyl groups excluding tert-OH is 1. The summed E-state index contributed by atoms with van der Waals surface area (Å²) in [7, 11) is 0. The van der Waals surface area contributed by atoms with Gasteiger partial charge in [-0.1, -0.05) is 6.92 Å². The Morgan fingerprint density at radius 3 is 2.74 bits per heavy atom. The SMILES string of the molecule is CCCn1cnc2c1N=CN1C2=NC(C)(C(=O)O)C(O)C1(C)O. The number of hydrogen-bond acceptors (Lipinski definition) is 7. The molecule has 9 nitrogen and oxygen atoms in total. The Bertz CT molecular complexity index is 723. The molecule has 0 aliphatic carbocycles. The van der Waals surface area contributed by atoms with Gasteiger partial charge in [0.15, 0.2) is 28.6 Å². The van der Waals surface area contributed by atoms with Crippen LogP contribution in [0.3, 0.4) is 0 Å².